The normalized spacial score (nSPS) is 11.7. The molecule has 0 aromatic heterocycles. The topological polar surface area (TPSA) is 59.0 Å². The van der Waals surface area contributed by atoms with Crippen LogP contribution in [0.25, 0.3) is 0 Å². The van der Waals surface area contributed by atoms with Gasteiger partial charge >= 0.3 is 0 Å². The molecule has 0 saturated carbocycles. The van der Waals surface area contributed by atoms with E-state index in [-0.39, 0.29) is 6.10 Å². The highest BCUT2D eigenvalue weighted by Crippen LogP contribution is 2.27. The lowest BCUT2D eigenvalue weighted by Gasteiger charge is -2.19. The molecule has 1 unspecified atom stereocenters. The Bertz CT molecular complexity index is 605. The van der Waals surface area contributed by atoms with Gasteiger partial charge in [-0.25, -0.2) is 0 Å². The van der Waals surface area contributed by atoms with Gasteiger partial charge in [-0.15, -0.1) is 0 Å². The van der Waals surface area contributed by atoms with Crippen molar-refractivity contribution < 1.29 is 4.74 Å². The highest BCUT2D eigenvalue weighted by Gasteiger charge is 2.14. The average Bonchev–Trinajstić information content (AvgIpc) is 2.48. The summed E-state index contributed by atoms with van der Waals surface area (Å²) in [5.41, 5.74) is 7.61. The van der Waals surface area contributed by atoms with Gasteiger partial charge in [0.2, 0.25) is 0 Å². The molecular weight excluding hydrogens is 272 g/mol. The molecule has 0 radical (unpaired) electrons. The minimum Gasteiger partial charge on any atom is -0.484 e. The van der Waals surface area contributed by atoms with Crippen LogP contribution >= 0.6 is 11.6 Å². The molecular formula is C16H15ClN2O. The van der Waals surface area contributed by atoms with Crippen molar-refractivity contribution in [2.75, 3.05) is 6.54 Å². The zero-order chi connectivity index (χ0) is 14.4. The molecule has 0 fully saturated rings. The number of hydrogen-bond acceptors (Lipinski definition) is 3. The van der Waals surface area contributed by atoms with E-state index in [1.54, 1.807) is 0 Å². The molecule has 0 aliphatic heterocycles. The van der Waals surface area contributed by atoms with Gasteiger partial charge in [-0.3, -0.25) is 0 Å². The maximum absolute atomic E-state index is 8.64. The number of nitrogens with zero attached hydrogens (tertiary/aromatic N) is 1. The molecule has 0 bridgehead atoms. The molecule has 3 nitrogen and oxygen atoms in total. The third kappa shape index (κ3) is 3.51. The monoisotopic (exact) mass is 286 g/mol. The molecule has 0 aliphatic rings. The van der Waals surface area contributed by atoms with E-state index in [1.807, 2.05) is 48.5 Å². The van der Waals surface area contributed by atoms with Crippen LogP contribution in [-0.4, -0.2) is 6.54 Å². The first-order valence-corrected chi connectivity index (χ1v) is 6.69. The molecule has 2 rings (SSSR count). The van der Waals surface area contributed by atoms with E-state index in [0.29, 0.717) is 23.7 Å². The Morgan fingerprint density at radius 1 is 1.15 bits per heavy atom. The summed E-state index contributed by atoms with van der Waals surface area (Å²) >= 11 is 6.16. The lowest BCUT2D eigenvalue weighted by Crippen LogP contribution is -2.18. The largest absolute Gasteiger partial charge is 0.484 e. The number of hydrogen-bond donors (Lipinski definition) is 1. The van der Waals surface area contributed by atoms with Crippen molar-refractivity contribution in [3.63, 3.8) is 0 Å². The number of halogens is 1. The minimum atomic E-state index is -0.287. The van der Waals surface area contributed by atoms with E-state index in [9.17, 15) is 0 Å². The summed E-state index contributed by atoms with van der Waals surface area (Å²) in [6, 6.07) is 17.0. The number of nitrogens with two attached hydrogens (primary N) is 1. The molecule has 20 heavy (non-hydrogen) atoms. The molecule has 4 heteroatoms. The van der Waals surface area contributed by atoms with Gasteiger partial charge in [0, 0.05) is 17.1 Å². The van der Waals surface area contributed by atoms with Crippen LogP contribution in [-0.2, 0) is 6.42 Å². The third-order valence-corrected chi connectivity index (χ3v) is 3.30. The summed E-state index contributed by atoms with van der Waals surface area (Å²) < 4.78 is 5.87. The Hall–Kier alpha value is -2.02. The number of benzene rings is 2. The second-order valence-corrected chi connectivity index (χ2v) is 4.75. The van der Waals surface area contributed by atoms with Gasteiger partial charge in [0.1, 0.15) is 11.9 Å². The van der Waals surface area contributed by atoms with Crippen molar-refractivity contribution in [1.29, 1.82) is 5.26 Å². The van der Waals surface area contributed by atoms with Gasteiger partial charge in [0.25, 0.3) is 0 Å². The van der Waals surface area contributed by atoms with Crippen LogP contribution in [0.5, 0.6) is 5.75 Å². The van der Waals surface area contributed by atoms with E-state index in [1.165, 1.54) is 0 Å². The molecule has 0 aliphatic carbocycles. The van der Waals surface area contributed by atoms with Gasteiger partial charge in [-0.2, -0.15) is 5.26 Å². The van der Waals surface area contributed by atoms with E-state index in [2.05, 4.69) is 6.07 Å². The Balaban J connectivity index is 2.14. The van der Waals surface area contributed by atoms with E-state index in [0.717, 1.165) is 11.1 Å². The summed E-state index contributed by atoms with van der Waals surface area (Å²) in [6.45, 7) is 0.337. The molecule has 102 valence electrons. The first kappa shape index (κ1) is 14.4. The van der Waals surface area contributed by atoms with Crippen molar-refractivity contribution in [2.24, 2.45) is 5.73 Å². The van der Waals surface area contributed by atoms with E-state index < -0.39 is 0 Å². The standard InChI is InChI=1S/C16H15ClN2O/c17-15-4-2-1-3-14(15)16(11-19)20-13-7-5-12(6-8-13)9-10-18/h1-8,16H,9,11,19H2. The number of ether oxygens (including phenoxy) is 1. The van der Waals surface area contributed by atoms with E-state index in [4.69, 9.17) is 27.3 Å². The lowest BCUT2D eigenvalue weighted by atomic mass is 10.1. The fraction of sp³-hybridized carbons (Fsp3) is 0.188. The SMILES string of the molecule is N#CCc1ccc(OC(CN)c2ccccc2Cl)cc1. The van der Waals surface area contributed by atoms with Crippen molar-refractivity contribution >= 4 is 11.6 Å². The fourth-order valence-electron chi connectivity index (χ4n) is 1.92. The molecule has 0 amide bonds. The Kier molecular flexibility index (Phi) is 5.00. The zero-order valence-corrected chi connectivity index (χ0v) is 11.7. The minimum absolute atomic E-state index is 0.287. The summed E-state index contributed by atoms with van der Waals surface area (Å²) in [6.07, 6.45) is 0.107. The van der Waals surface area contributed by atoms with Gasteiger partial charge in [0.05, 0.1) is 12.5 Å². The predicted molar refractivity (Wildman–Crippen MR) is 79.6 cm³/mol. The molecule has 1 atom stereocenters. The van der Waals surface area contributed by atoms with Crippen molar-refractivity contribution in [3.05, 3.63) is 64.7 Å². The quantitative estimate of drug-likeness (QED) is 0.915. The van der Waals surface area contributed by atoms with E-state index >= 15 is 0 Å². The van der Waals surface area contributed by atoms with Gasteiger partial charge < -0.3 is 10.5 Å². The molecule has 2 N–H and O–H groups in total. The number of nitriles is 1. The maximum atomic E-state index is 8.64. The Morgan fingerprint density at radius 2 is 1.85 bits per heavy atom. The highest BCUT2D eigenvalue weighted by molar-refractivity contribution is 6.31. The molecule has 0 spiro atoms. The van der Waals surface area contributed by atoms with Crippen molar-refractivity contribution in [2.45, 2.75) is 12.5 Å². The molecule has 2 aromatic rings. The second-order valence-electron chi connectivity index (χ2n) is 4.34. The summed E-state index contributed by atoms with van der Waals surface area (Å²) in [5, 5.41) is 9.28. The van der Waals surface area contributed by atoms with Gasteiger partial charge in [0.15, 0.2) is 0 Å². The van der Waals surface area contributed by atoms with Crippen LogP contribution in [0.2, 0.25) is 5.02 Å². The van der Waals surface area contributed by atoms with Crippen LogP contribution in [0.1, 0.15) is 17.2 Å². The Morgan fingerprint density at radius 3 is 2.45 bits per heavy atom. The van der Waals surface area contributed by atoms with Crippen molar-refractivity contribution in [3.8, 4) is 11.8 Å². The predicted octanol–water partition coefficient (Wildman–Crippen LogP) is 3.48. The molecule has 0 saturated heterocycles. The van der Waals surface area contributed by atoms with Crippen LogP contribution in [0.4, 0.5) is 0 Å². The zero-order valence-electron chi connectivity index (χ0n) is 10.9. The first-order chi connectivity index (χ1) is 9.74. The number of rotatable bonds is 5. The lowest BCUT2D eigenvalue weighted by molar-refractivity contribution is 0.214. The average molecular weight is 287 g/mol. The van der Waals surface area contributed by atoms with Crippen LogP contribution in [0, 0.1) is 11.3 Å². The van der Waals surface area contributed by atoms with Crippen molar-refractivity contribution in [1.82, 2.24) is 0 Å². The summed E-state index contributed by atoms with van der Waals surface area (Å²) in [5.74, 6) is 0.710. The van der Waals surface area contributed by atoms with Gasteiger partial charge in [-0.1, -0.05) is 41.9 Å². The highest BCUT2D eigenvalue weighted by atomic mass is 35.5. The third-order valence-electron chi connectivity index (χ3n) is 2.95. The fourth-order valence-corrected chi connectivity index (χ4v) is 2.17. The second kappa shape index (κ2) is 6.95. The smallest absolute Gasteiger partial charge is 0.137 e. The van der Waals surface area contributed by atoms with Gasteiger partial charge in [-0.05, 0) is 23.8 Å². The van der Waals surface area contributed by atoms with Crippen LogP contribution in [0.3, 0.4) is 0 Å². The maximum Gasteiger partial charge on any atom is 0.137 e. The summed E-state index contributed by atoms with van der Waals surface area (Å²) in [7, 11) is 0. The Labute approximate surface area is 123 Å². The van der Waals surface area contributed by atoms with Crippen LogP contribution < -0.4 is 10.5 Å². The molecule has 0 heterocycles. The van der Waals surface area contributed by atoms with Crippen LogP contribution in [0.15, 0.2) is 48.5 Å². The molecule has 2 aromatic carbocycles. The first-order valence-electron chi connectivity index (χ1n) is 6.31. The summed E-state index contributed by atoms with van der Waals surface area (Å²) in [4.78, 5) is 0.